The second-order valence-corrected chi connectivity index (χ2v) is 5.23. The van der Waals surface area contributed by atoms with E-state index >= 15 is 0 Å². The fourth-order valence-electron chi connectivity index (χ4n) is 2.42. The maximum Gasteiger partial charge on any atom is 0.310 e. The van der Waals surface area contributed by atoms with E-state index in [0.717, 1.165) is 38.2 Å². The van der Waals surface area contributed by atoms with Gasteiger partial charge in [0.2, 0.25) is 0 Å². The molecule has 5 heteroatoms. The highest BCUT2D eigenvalue weighted by Gasteiger charge is 2.26. The van der Waals surface area contributed by atoms with Gasteiger partial charge in [0, 0.05) is 24.3 Å². The van der Waals surface area contributed by atoms with Crippen LogP contribution < -0.4 is 0 Å². The third-order valence-electron chi connectivity index (χ3n) is 3.29. The van der Waals surface area contributed by atoms with Crippen LogP contribution in [0.25, 0.3) is 0 Å². The van der Waals surface area contributed by atoms with Gasteiger partial charge in [0.25, 0.3) is 0 Å². The zero-order valence-electron chi connectivity index (χ0n) is 11.1. The summed E-state index contributed by atoms with van der Waals surface area (Å²) < 4.78 is 5.10. The molecule has 1 aromatic rings. The molecule has 0 unspecified atom stereocenters. The van der Waals surface area contributed by atoms with E-state index < -0.39 is 0 Å². The fourth-order valence-corrected chi connectivity index (χ4v) is 2.60. The monoisotopic (exact) mass is 282 g/mol. The number of esters is 1. The van der Waals surface area contributed by atoms with Gasteiger partial charge in [0.15, 0.2) is 0 Å². The normalized spacial score (nSPS) is 20.2. The SMILES string of the molecule is CCOC(=O)[C@@H]1CCCN(Cc2cc(Cl)ccn2)C1. The molecule has 0 aromatic carbocycles. The van der Waals surface area contributed by atoms with Crippen LogP contribution in [0.3, 0.4) is 0 Å². The number of halogens is 1. The molecule has 0 radical (unpaired) electrons. The Bertz CT molecular complexity index is 439. The smallest absolute Gasteiger partial charge is 0.310 e. The van der Waals surface area contributed by atoms with Crippen LogP contribution in [0, 0.1) is 5.92 Å². The minimum Gasteiger partial charge on any atom is -0.466 e. The summed E-state index contributed by atoms with van der Waals surface area (Å²) >= 11 is 5.95. The lowest BCUT2D eigenvalue weighted by molar-refractivity contribution is -0.150. The first-order valence-corrected chi connectivity index (χ1v) is 7.06. The van der Waals surface area contributed by atoms with Crippen LogP contribution in [-0.4, -0.2) is 35.5 Å². The van der Waals surface area contributed by atoms with Crippen molar-refractivity contribution in [3.63, 3.8) is 0 Å². The molecule has 1 aliphatic heterocycles. The van der Waals surface area contributed by atoms with E-state index in [1.54, 1.807) is 12.3 Å². The van der Waals surface area contributed by atoms with E-state index in [2.05, 4.69) is 9.88 Å². The maximum absolute atomic E-state index is 11.8. The Labute approximate surface area is 118 Å². The molecule has 0 N–H and O–H groups in total. The maximum atomic E-state index is 11.8. The first-order chi connectivity index (χ1) is 9.19. The quantitative estimate of drug-likeness (QED) is 0.796. The molecule has 2 heterocycles. The number of ether oxygens (including phenoxy) is 1. The van der Waals surface area contributed by atoms with Gasteiger partial charge >= 0.3 is 5.97 Å². The van der Waals surface area contributed by atoms with Crippen LogP contribution in [0.2, 0.25) is 5.02 Å². The number of aromatic nitrogens is 1. The van der Waals surface area contributed by atoms with Crippen molar-refractivity contribution in [1.29, 1.82) is 0 Å². The molecule has 104 valence electrons. The number of hydrogen-bond acceptors (Lipinski definition) is 4. The molecular formula is C14H19ClN2O2. The molecule has 1 aliphatic rings. The van der Waals surface area contributed by atoms with E-state index in [0.29, 0.717) is 11.6 Å². The zero-order chi connectivity index (χ0) is 13.7. The summed E-state index contributed by atoms with van der Waals surface area (Å²) in [5.74, 6) is -0.0841. The first kappa shape index (κ1) is 14.3. The summed E-state index contributed by atoms with van der Waals surface area (Å²) in [5.41, 5.74) is 0.942. The van der Waals surface area contributed by atoms with Crippen molar-refractivity contribution in [2.75, 3.05) is 19.7 Å². The van der Waals surface area contributed by atoms with Gasteiger partial charge in [-0.2, -0.15) is 0 Å². The third kappa shape index (κ3) is 4.18. The molecule has 0 spiro atoms. The number of likely N-dealkylation sites (tertiary alicyclic amines) is 1. The molecule has 19 heavy (non-hydrogen) atoms. The van der Waals surface area contributed by atoms with Crippen molar-refractivity contribution in [3.05, 3.63) is 29.0 Å². The van der Waals surface area contributed by atoms with Crippen molar-refractivity contribution < 1.29 is 9.53 Å². The summed E-state index contributed by atoms with van der Waals surface area (Å²) in [7, 11) is 0. The largest absolute Gasteiger partial charge is 0.466 e. The third-order valence-corrected chi connectivity index (χ3v) is 3.52. The highest BCUT2D eigenvalue weighted by molar-refractivity contribution is 6.30. The van der Waals surface area contributed by atoms with Crippen molar-refractivity contribution >= 4 is 17.6 Å². The highest BCUT2D eigenvalue weighted by atomic mass is 35.5. The van der Waals surface area contributed by atoms with Gasteiger partial charge in [-0.3, -0.25) is 14.7 Å². The minimum atomic E-state index is -0.0775. The number of nitrogens with zero attached hydrogens (tertiary/aromatic N) is 2. The van der Waals surface area contributed by atoms with Crippen LogP contribution in [0.15, 0.2) is 18.3 Å². The molecule has 1 saturated heterocycles. The lowest BCUT2D eigenvalue weighted by Gasteiger charge is -2.31. The van der Waals surface area contributed by atoms with E-state index in [1.807, 2.05) is 13.0 Å². The predicted octanol–water partition coefficient (Wildman–Crippen LogP) is 2.51. The molecular weight excluding hydrogens is 264 g/mol. The van der Waals surface area contributed by atoms with Gasteiger partial charge in [-0.05, 0) is 38.4 Å². The van der Waals surface area contributed by atoms with Crippen LogP contribution in [-0.2, 0) is 16.1 Å². The predicted molar refractivity (Wildman–Crippen MR) is 73.9 cm³/mol. The Kier molecular flexibility index (Phi) is 5.16. The van der Waals surface area contributed by atoms with Crippen molar-refractivity contribution in [3.8, 4) is 0 Å². The number of piperidine rings is 1. The number of hydrogen-bond donors (Lipinski definition) is 0. The van der Waals surface area contributed by atoms with Crippen molar-refractivity contribution in [1.82, 2.24) is 9.88 Å². The Morgan fingerprint density at radius 2 is 2.47 bits per heavy atom. The van der Waals surface area contributed by atoms with Gasteiger partial charge in [-0.25, -0.2) is 0 Å². The Morgan fingerprint density at radius 1 is 1.63 bits per heavy atom. The molecule has 0 amide bonds. The average Bonchev–Trinajstić information content (AvgIpc) is 2.39. The number of pyridine rings is 1. The van der Waals surface area contributed by atoms with E-state index in [1.165, 1.54) is 0 Å². The number of carbonyl (C=O) groups excluding carboxylic acids is 1. The highest BCUT2D eigenvalue weighted by Crippen LogP contribution is 2.20. The van der Waals surface area contributed by atoms with Gasteiger partial charge in [-0.15, -0.1) is 0 Å². The Morgan fingerprint density at radius 3 is 3.21 bits per heavy atom. The molecule has 1 atom stereocenters. The topological polar surface area (TPSA) is 42.4 Å². The van der Waals surface area contributed by atoms with E-state index in [-0.39, 0.29) is 11.9 Å². The Hall–Kier alpha value is -1.13. The first-order valence-electron chi connectivity index (χ1n) is 6.68. The lowest BCUT2D eigenvalue weighted by atomic mass is 9.98. The van der Waals surface area contributed by atoms with E-state index in [9.17, 15) is 4.79 Å². The zero-order valence-corrected chi connectivity index (χ0v) is 11.9. The number of rotatable bonds is 4. The van der Waals surface area contributed by atoms with Crippen molar-refractivity contribution in [2.24, 2.45) is 5.92 Å². The molecule has 1 aromatic heterocycles. The fraction of sp³-hybridized carbons (Fsp3) is 0.571. The molecule has 0 bridgehead atoms. The second kappa shape index (κ2) is 6.87. The molecule has 0 aliphatic carbocycles. The summed E-state index contributed by atoms with van der Waals surface area (Å²) in [6.07, 6.45) is 3.65. The summed E-state index contributed by atoms with van der Waals surface area (Å²) in [6, 6.07) is 3.64. The minimum absolute atomic E-state index is 0.00659. The molecule has 1 fully saturated rings. The summed E-state index contributed by atoms with van der Waals surface area (Å²) in [4.78, 5) is 18.3. The van der Waals surface area contributed by atoms with Gasteiger partial charge < -0.3 is 4.74 Å². The Balaban J connectivity index is 1.92. The summed E-state index contributed by atoms with van der Waals surface area (Å²) in [5, 5.41) is 0.698. The van der Waals surface area contributed by atoms with Gasteiger partial charge in [0.1, 0.15) is 0 Å². The van der Waals surface area contributed by atoms with Crippen LogP contribution in [0.5, 0.6) is 0 Å². The van der Waals surface area contributed by atoms with Crippen molar-refractivity contribution in [2.45, 2.75) is 26.3 Å². The molecule has 0 saturated carbocycles. The van der Waals surface area contributed by atoms with Crippen LogP contribution in [0.4, 0.5) is 0 Å². The van der Waals surface area contributed by atoms with Crippen LogP contribution in [0.1, 0.15) is 25.5 Å². The average molecular weight is 283 g/mol. The van der Waals surface area contributed by atoms with E-state index in [4.69, 9.17) is 16.3 Å². The van der Waals surface area contributed by atoms with Gasteiger partial charge in [0.05, 0.1) is 18.2 Å². The van der Waals surface area contributed by atoms with Gasteiger partial charge in [-0.1, -0.05) is 11.6 Å². The molecule has 2 rings (SSSR count). The summed E-state index contributed by atoms with van der Waals surface area (Å²) in [6.45, 7) is 4.76. The number of carbonyl (C=O) groups is 1. The second-order valence-electron chi connectivity index (χ2n) is 4.79. The molecule has 4 nitrogen and oxygen atoms in total. The lowest BCUT2D eigenvalue weighted by Crippen LogP contribution is -2.39. The standard InChI is InChI=1S/C14H19ClN2O2/c1-2-19-14(18)11-4-3-7-17(9-11)10-13-8-12(15)5-6-16-13/h5-6,8,11H,2-4,7,9-10H2,1H3/t11-/m1/s1. The van der Waals surface area contributed by atoms with Crippen LogP contribution >= 0.6 is 11.6 Å².